The number of hydrogen-bond donors (Lipinski definition) is 1. The smallest absolute Gasteiger partial charge is 0.245 e. The highest BCUT2D eigenvalue weighted by atomic mass is 16.5. The van der Waals surface area contributed by atoms with E-state index in [4.69, 9.17) is 4.74 Å². The topological polar surface area (TPSA) is 41.6 Å². The number of amides is 1. The molecule has 2 aliphatic rings. The van der Waals surface area contributed by atoms with Gasteiger partial charge in [-0.25, -0.2) is 0 Å². The van der Waals surface area contributed by atoms with E-state index in [2.05, 4.69) is 38.2 Å². The molecule has 1 N–H and O–H groups in total. The van der Waals surface area contributed by atoms with Crippen molar-refractivity contribution < 1.29 is 9.53 Å². The van der Waals surface area contributed by atoms with Gasteiger partial charge in [-0.05, 0) is 56.7 Å². The number of hydrogen-bond acceptors (Lipinski definition) is 3. The quantitative estimate of drug-likeness (QED) is 0.841. The average molecular weight is 344 g/mol. The summed E-state index contributed by atoms with van der Waals surface area (Å²) in [6.45, 7) is 7.97. The zero-order valence-electron chi connectivity index (χ0n) is 15.8. The van der Waals surface area contributed by atoms with E-state index in [-0.39, 0.29) is 18.0 Å². The minimum Gasteiger partial charge on any atom is -0.374 e. The van der Waals surface area contributed by atoms with Crippen LogP contribution < -0.4 is 5.32 Å². The van der Waals surface area contributed by atoms with Crippen LogP contribution in [0.2, 0.25) is 0 Å². The van der Waals surface area contributed by atoms with Gasteiger partial charge in [0.1, 0.15) is 6.04 Å². The van der Waals surface area contributed by atoms with Gasteiger partial charge in [-0.1, -0.05) is 31.9 Å². The van der Waals surface area contributed by atoms with Crippen LogP contribution in [0.25, 0.3) is 0 Å². The van der Waals surface area contributed by atoms with E-state index >= 15 is 0 Å². The Morgan fingerprint density at radius 2 is 2.12 bits per heavy atom. The molecular formula is C21H32N2O2. The fourth-order valence-corrected chi connectivity index (χ4v) is 4.04. The zero-order valence-corrected chi connectivity index (χ0v) is 15.8. The molecule has 1 aliphatic heterocycles. The predicted octanol–water partition coefficient (Wildman–Crippen LogP) is 4.20. The Kier molecular flexibility index (Phi) is 6.00. The molecule has 3 rings (SSSR count). The highest BCUT2D eigenvalue weighted by Crippen LogP contribution is 2.27. The Balaban J connectivity index is 1.54. The van der Waals surface area contributed by atoms with Crippen molar-refractivity contribution >= 4 is 11.6 Å². The third-order valence-corrected chi connectivity index (χ3v) is 5.51. The molecule has 0 spiro atoms. The molecule has 4 nitrogen and oxygen atoms in total. The van der Waals surface area contributed by atoms with Crippen LogP contribution >= 0.6 is 0 Å². The lowest BCUT2D eigenvalue weighted by molar-refractivity contribution is -0.129. The second-order valence-corrected chi connectivity index (χ2v) is 8.02. The predicted molar refractivity (Wildman–Crippen MR) is 102 cm³/mol. The molecule has 0 bridgehead atoms. The molecule has 1 aromatic rings. The van der Waals surface area contributed by atoms with Gasteiger partial charge in [0.2, 0.25) is 5.91 Å². The van der Waals surface area contributed by atoms with Crippen molar-refractivity contribution in [3.05, 3.63) is 29.8 Å². The molecule has 1 saturated carbocycles. The second kappa shape index (κ2) is 8.22. The molecule has 0 aromatic heterocycles. The van der Waals surface area contributed by atoms with E-state index in [9.17, 15) is 4.79 Å². The van der Waals surface area contributed by atoms with Crippen LogP contribution in [0.3, 0.4) is 0 Å². The van der Waals surface area contributed by atoms with Crippen molar-refractivity contribution in [3.63, 3.8) is 0 Å². The lowest BCUT2D eigenvalue weighted by atomic mass is 9.89. The molecule has 1 saturated heterocycles. The summed E-state index contributed by atoms with van der Waals surface area (Å²) >= 11 is 0. The number of likely N-dealkylation sites (tertiary alicyclic amines) is 1. The maximum absolute atomic E-state index is 12.4. The first-order valence-electron chi connectivity index (χ1n) is 9.80. The van der Waals surface area contributed by atoms with Gasteiger partial charge in [-0.3, -0.25) is 4.79 Å². The maximum Gasteiger partial charge on any atom is 0.245 e. The molecule has 1 heterocycles. The number of carbonyl (C=O) groups is 1. The number of nitrogens with zero attached hydrogens (tertiary/aromatic N) is 1. The highest BCUT2D eigenvalue weighted by Gasteiger charge is 2.32. The first-order valence-corrected chi connectivity index (χ1v) is 9.80. The van der Waals surface area contributed by atoms with Crippen molar-refractivity contribution in [2.24, 2.45) is 5.92 Å². The molecule has 1 aromatic carbocycles. The van der Waals surface area contributed by atoms with Gasteiger partial charge in [0, 0.05) is 18.3 Å². The number of anilines is 1. The van der Waals surface area contributed by atoms with Gasteiger partial charge in [-0.2, -0.15) is 0 Å². The summed E-state index contributed by atoms with van der Waals surface area (Å²) in [4.78, 5) is 14.4. The van der Waals surface area contributed by atoms with Crippen molar-refractivity contribution in [1.29, 1.82) is 0 Å². The van der Waals surface area contributed by atoms with E-state index in [1.807, 2.05) is 17.0 Å². The minimum absolute atomic E-state index is 0.0993. The molecule has 138 valence electrons. The molecule has 0 radical (unpaired) electrons. The molecule has 1 aliphatic carbocycles. The fourth-order valence-electron chi connectivity index (χ4n) is 4.04. The first kappa shape index (κ1) is 18.2. The minimum atomic E-state index is -0.0993. The number of benzene rings is 1. The lowest BCUT2D eigenvalue weighted by Gasteiger charge is -2.27. The second-order valence-electron chi connectivity index (χ2n) is 8.02. The van der Waals surface area contributed by atoms with Gasteiger partial charge >= 0.3 is 0 Å². The van der Waals surface area contributed by atoms with E-state index in [0.717, 1.165) is 24.6 Å². The van der Waals surface area contributed by atoms with Gasteiger partial charge in [0.05, 0.1) is 12.7 Å². The van der Waals surface area contributed by atoms with Crippen LogP contribution in [0.1, 0.15) is 58.4 Å². The van der Waals surface area contributed by atoms with Crippen molar-refractivity contribution in [2.45, 2.75) is 77.7 Å². The van der Waals surface area contributed by atoms with Crippen LogP contribution in [-0.4, -0.2) is 35.5 Å². The Morgan fingerprint density at radius 1 is 1.28 bits per heavy atom. The zero-order chi connectivity index (χ0) is 17.8. The third-order valence-electron chi connectivity index (χ3n) is 5.51. The number of ether oxygens (including phenoxy) is 1. The number of carbonyl (C=O) groups excluding carboxylic acids is 1. The van der Waals surface area contributed by atoms with Crippen LogP contribution in [-0.2, 0) is 16.1 Å². The summed E-state index contributed by atoms with van der Waals surface area (Å²) in [7, 11) is 0. The standard InChI is InChI=1S/C21H32N2O2/c1-15(2)23-11-10-20(21(23)24)22-18-8-5-7-17(13-18)14-25-19-9-4-6-16(3)12-19/h5,7-8,13,15-16,19-20,22H,4,6,9-12,14H2,1-3H3. The normalized spacial score (nSPS) is 27.1. The first-order chi connectivity index (χ1) is 12.0. The van der Waals surface area contributed by atoms with Crippen LogP contribution in [0.15, 0.2) is 24.3 Å². The summed E-state index contributed by atoms with van der Waals surface area (Å²) < 4.78 is 6.13. The van der Waals surface area contributed by atoms with E-state index < -0.39 is 0 Å². The molecule has 1 amide bonds. The third kappa shape index (κ3) is 4.75. The molecule has 25 heavy (non-hydrogen) atoms. The number of nitrogens with one attached hydrogen (secondary N) is 1. The van der Waals surface area contributed by atoms with Crippen molar-refractivity contribution in [3.8, 4) is 0 Å². The van der Waals surface area contributed by atoms with Gasteiger partial charge in [0.15, 0.2) is 0 Å². The lowest BCUT2D eigenvalue weighted by Crippen LogP contribution is -2.37. The van der Waals surface area contributed by atoms with E-state index in [0.29, 0.717) is 12.7 Å². The average Bonchev–Trinajstić information content (AvgIpc) is 2.94. The largest absolute Gasteiger partial charge is 0.374 e. The SMILES string of the molecule is CC1CCCC(OCc2cccc(NC3CCN(C(C)C)C3=O)c2)C1. The van der Waals surface area contributed by atoms with Crippen LogP contribution in [0.5, 0.6) is 0 Å². The molecular weight excluding hydrogens is 312 g/mol. The molecule has 2 fully saturated rings. The summed E-state index contributed by atoms with van der Waals surface area (Å²) in [6.07, 6.45) is 6.25. The summed E-state index contributed by atoms with van der Waals surface area (Å²) in [5.41, 5.74) is 2.19. The summed E-state index contributed by atoms with van der Waals surface area (Å²) in [5.74, 6) is 0.997. The van der Waals surface area contributed by atoms with Crippen LogP contribution in [0, 0.1) is 5.92 Å². The van der Waals surface area contributed by atoms with E-state index in [1.165, 1.54) is 31.2 Å². The summed E-state index contributed by atoms with van der Waals surface area (Å²) in [6, 6.07) is 8.49. The fraction of sp³-hybridized carbons (Fsp3) is 0.667. The molecule has 3 unspecified atom stereocenters. The maximum atomic E-state index is 12.4. The Bertz CT molecular complexity index is 587. The van der Waals surface area contributed by atoms with Crippen molar-refractivity contribution in [1.82, 2.24) is 4.90 Å². The Hall–Kier alpha value is -1.55. The van der Waals surface area contributed by atoms with Crippen molar-refractivity contribution in [2.75, 3.05) is 11.9 Å². The monoisotopic (exact) mass is 344 g/mol. The number of rotatable bonds is 6. The highest BCUT2D eigenvalue weighted by molar-refractivity contribution is 5.87. The van der Waals surface area contributed by atoms with Gasteiger partial charge in [-0.15, -0.1) is 0 Å². The van der Waals surface area contributed by atoms with E-state index in [1.54, 1.807) is 0 Å². The Morgan fingerprint density at radius 3 is 2.84 bits per heavy atom. The van der Waals surface area contributed by atoms with Gasteiger partial charge in [0.25, 0.3) is 0 Å². The van der Waals surface area contributed by atoms with Crippen LogP contribution in [0.4, 0.5) is 5.69 Å². The van der Waals surface area contributed by atoms with Gasteiger partial charge < -0.3 is 15.0 Å². The molecule has 3 atom stereocenters. The molecule has 4 heteroatoms. The Labute approximate surface area is 151 Å². The summed E-state index contributed by atoms with van der Waals surface area (Å²) in [5, 5.41) is 3.41.